The summed E-state index contributed by atoms with van der Waals surface area (Å²) in [6.07, 6.45) is 3.30. The Kier molecular flexibility index (Phi) is 5.84. The van der Waals surface area contributed by atoms with Crippen molar-refractivity contribution in [2.24, 2.45) is 4.99 Å². The molecule has 1 aromatic carbocycles. The second kappa shape index (κ2) is 7.63. The van der Waals surface area contributed by atoms with Crippen LogP contribution in [0.1, 0.15) is 35.2 Å². The Hall–Kier alpha value is -1.31. The number of nitrogens with one attached hydrogen (secondary N) is 3. The summed E-state index contributed by atoms with van der Waals surface area (Å²) < 4.78 is 0. The van der Waals surface area contributed by atoms with Crippen molar-refractivity contribution in [3.05, 3.63) is 35.4 Å². The largest absolute Gasteiger partial charge is 0.356 e. The molecule has 1 aliphatic carbocycles. The van der Waals surface area contributed by atoms with E-state index in [1.165, 1.54) is 0 Å². The van der Waals surface area contributed by atoms with E-state index in [1.54, 1.807) is 0 Å². The number of guanidine groups is 1. The Labute approximate surface area is 142 Å². The summed E-state index contributed by atoms with van der Waals surface area (Å²) in [4.78, 5) is 16.4. The monoisotopic (exact) mass is 400 g/mol. The smallest absolute Gasteiger partial charge is 0.251 e. The maximum atomic E-state index is 12.0. The van der Waals surface area contributed by atoms with E-state index in [1.807, 2.05) is 24.3 Å². The first-order valence-corrected chi connectivity index (χ1v) is 7.23. The van der Waals surface area contributed by atoms with Crippen LogP contribution in [0.25, 0.3) is 0 Å². The minimum absolute atomic E-state index is 0. The van der Waals surface area contributed by atoms with Gasteiger partial charge in [-0.15, -0.1) is 24.0 Å². The topological polar surface area (TPSA) is 65.5 Å². The van der Waals surface area contributed by atoms with Gasteiger partial charge in [0.2, 0.25) is 0 Å². The maximum absolute atomic E-state index is 12.0. The van der Waals surface area contributed by atoms with Gasteiger partial charge < -0.3 is 16.0 Å². The van der Waals surface area contributed by atoms with E-state index >= 15 is 0 Å². The second-order valence-corrected chi connectivity index (χ2v) is 5.31. The summed E-state index contributed by atoms with van der Waals surface area (Å²) in [5.41, 5.74) is 1.82. The number of hydrogen-bond donors (Lipinski definition) is 3. The lowest BCUT2D eigenvalue weighted by Crippen LogP contribution is -2.40. The molecule has 21 heavy (non-hydrogen) atoms. The predicted octanol–water partition coefficient (Wildman–Crippen LogP) is 1.64. The van der Waals surface area contributed by atoms with Crippen molar-refractivity contribution >= 4 is 35.8 Å². The van der Waals surface area contributed by atoms with Gasteiger partial charge >= 0.3 is 0 Å². The predicted molar refractivity (Wildman–Crippen MR) is 94.1 cm³/mol. The van der Waals surface area contributed by atoms with Crippen molar-refractivity contribution in [1.29, 1.82) is 0 Å². The zero-order valence-electron chi connectivity index (χ0n) is 11.9. The molecule has 3 rings (SSSR count). The van der Waals surface area contributed by atoms with E-state index in [0.717, 1.165) is 49.4 Å². The Balaban J connectivity index is 0.00000161. The van der Waals surface area contributed by atoms with Gasteiger partial charge in [-0.25, -0.2) is 0 Å². The zero-order valence-corrected chi connectivity index (χ0v) is 14.2. The number of aliphatic imine (C=N–C) groups is 1. The third-order valence-corrected chi connectivity index (χ3v) is 3.46. The van der Waals surface area contributed by atoms with E-state index in [4.69, 9.17) is 0 Å². The third-order valence-electron chi connectivity index (χ3n) is 3.46. The van der Waals surface area contributed by atoms with E-state index in [0.29, 0.717) is 12.6 Å². The molecule has 0 unspecified atom stereocenters. The Morgan fingerprint density at radius 1 is 1.38 bits per heavy atom. The Bertz CT molecular complexity index is 528. The van der Waals surface area contributed by atoms with Gasteiger partial charge in [0.25, 0.3) is 5.91 Å². The molecule has 1 saturated carbocycles. The van der Waals surface area contributed by atoms with Crippen molar-refractivity contribution in [2.75, 3.05) is 13.1 Å². The molecule has 1 amide bonds. The summed E-state index contributed by atoms with van der Waals surface area (Å²) >= 11 is 0. The van der Waals surface area contributed by atoms with Crippen LogP contribution in [0.3, 0.4) is 0 Å². The van der Waals surface area contributed by atoms with Crippen LogP contribution in [0.5, 0.6) is 0 Å². The molecule has 0 bridgehead atoms. The number of amides is 1. The molecule has 1 aromatic rings. The van der Waals surface area contributed by atoms with Gasteiger partial charge in [-0.2, -0.15) is 0 Å². The standard InChI is InChI=1S/C15H20N4O.HI/c20-14(19-13-5-6-13)12-4-1-3-11(9-12)10-18-15-16-7-2-8-17-15;/h1,3-4,9,13H,2,5-8,10H2,(H,19,20)(H2,16,17,18);1H. The van der Waals surface area contributed by atoms with Crippen LogP contribution in [0.2, 0.25) is 0 Å². The lowest BCUT2D eigenvalue weighted by Gasteiger charge is -2.16. The molecule has 3 N–H and O–H groups in total. The average Bonchev–Trinajstić information content (AvgIpc) is 3.30. The number of halogens is 1. The fourth-order valence-corrected chi connectivity index (χ4v) is 2.16. The molecule has 2 aliphatic rings. The first kappa shape index (κ1) is 16.1. The summed E-state index contributed by atoms with van der Waals surface area (Å²) in [7, 11) is 0. The van der Waals surface area contributed by atoms with Crippen molar-refractivity contribution in [2.45, 2.75) is 31.8 Å². The summed E-state index contributed by atoms with van der Waals surface area (Å²) in [6.45, 7) is 2.52. The molecular formula is C15H21IN4O. The first-order chi connectivity index (χ1) is 9.81. The molecular weight excluding hydrogens is 379 g/mol. The second-order valence-electron chi connectivity index (χ2n) is 5.31. The van der Waals surface area contributed by atoms with Crippen LogP contribution in [0.15, 0.2) is 29.3 Å². The number of hydrogen-bond acceptors (Lipinski definition) is 4. The van der Waals surface area contributed by atoms with Crippen LogP contribution in [0.4, 0.5) is 0 Å². The normalized spacial score (nSPS) is 17.0. The number of benzene rings is 1. The lowest BCUT2D eigenvalue weighted by molar-refractivity contribution is 0.0951. The molecule has 0 saturated heterocycles. The molecule has 0 spiro atoms. The fraction of sp³-hybridized carbons (Fsp3) is 0.467. The molecule has 0 radical (unpaired) electrons. The maximum Gasteiger partial charge on any atom is 0.251 e. The molecule has 1 aliphatic heterocycles. The molecule has 5 nitrogen and oxygen atoms in total. The third kappa shape index (κ3) is 4.87. The van der Waals surface area contributed by atoms with E-state index in [9.17, 15) is 4.79 Å². The molecule has 114 valence electrons. The molecule has 0 atom stereocenters. The van der Waals surface area contributed by atoms with Crippen LogP contribution < -0.4 is 16.0 Å². The summed E-state index contributed by atoms with van der Waals surface area (Å²) in [5, 5.41) is 9.49. The van der Waals surface area contributed by atoms with Crippen LogP contribution in [0, 0.1) is 0 Å². The molecule has 6 heteroatoms. The highest BCUT2D eigenvalue weighted by molar-refractivity contribution is 14.0. The van der Waals surface area contributed by atoms with Crippen LogP contribution >= 0.6 is 24.0 Å². The van der Waals surface area contributed by atoms with Gasteiger partial charge in [0.15, 0.2) is 5.96 Å². The van der Waals surface area contributed by atoms with Crippen molar-refractivity contribution in [3.8, 4) is 0 Å². The number of carbonyl (C=O) groups excluding carboxylic acids is 1. The van der Waals surface area contributed by atoms with E-state index in [-0.39, 0.29) is 29.9 Å². The zero-order chi connectivity index (χ0) is 13.8. The molecule has 1 heterocycles. The lowest BCUT2D eigenvalue weighted by atomic mass is 10.1. The van der Waals surface area contributed by atoms with Crippen LogP contribution in [-0.4, -0.2) is 31.0 Å². The number of rotatable bonds is 4. The van der Waals surface area contributed by atoms with E-state index in [2.05, 4.69) is 20.9 Å². The summed E-state index contributed by atoms with van der Waals surface area (Å²) in [5.74, 6) is 0.881. The van der Waals surface area contributed by atoms with Gasteiger partial charge in [0.05, 0.1) is 0 Å². The van der Waals surface area contributed by atoms with Crippen molar-refractivity contribution in [3.63, 3.8) is 0 Å². The van der Waals surface area contributed by atoms with Crippen molar-refractivity contribution < 1.29 is 4.79 Å². The highest BCUT2D eigenvalue weighted by Crippen LogP contribution is 2.19. The van der Waals surface area contributed by atoms with Gasteiger partial charge in [-0.3, -0.25) is 9.79 Å². The van der Waals surface area contributed by atoms with Gasteiger partial charge in [0.1, 0.15) is 0 Å². The molecule has 0 aromatic heterocycles. The van der Waals surface area contributed by atoms with Gasteiger partial charge in [0, 0.05) is 31.2 Å². The minimum Gasteiger partial charge on any atom is -0.356 e. The Morgan fingerprint density at radius 2 is 2.24 bits per heavy atom. The first-order valence-electron chi connectivity index (χ1n) is 7.23. The SMILES string of the molecule is I.O=C(NC1CC1)c1cccc(CNC2=NCCCN2)c1. The Morgan fingerprint density at radius 3 is 2.95 bits per heavy atom. The minimum atomic E-state index is 0. The van der Waals surface area contributed by atoms with E-state index < -0.39 is 0 Å². The quantitative estimate of drug-likeness (QED) is 0.674. The highest BCUT2D eigenvalue weighted by Gasteiger charge is 2.23. The fourth-order valence-electron chi connectivity index (χ4n) is 2.16. The number of nitrogens with zero attached hydrogens (tertiary/aromatic N) is 1. The average molecular weight is 400 g/mol. The van der Waals surface area contributed by atoms with Gasteiger partial charge in [-0.1, -0.05) is 12.1 Å². The molecule has 1 fully saturated rings. The highest BCUT2D eigenvalue weighted by atomic mass is 127. The van der Waals surface area contributed by atoms with Gasteiger partial charge in [-0.05, 0) is 37.0 Å². The summed E-state index contributed by atoms with van der Waals surface area (Å²) in [6, 6.07) is 8.13. The van der Waals surface area contributed by atoms with Crippen LogP contribution in [-0.2, 0) is 6.54 Å². The number of carbonyl (C=O) groups is 1. The van der Waals surface area contributed by atoms with Crippen molar-refractivity contribution in [1.82, 2.24) is 16.0 Å².